The number of hydrogen-bond acceptors (Lipinski definition) is 6. The Morgan fingerprint density at radius 2 is 1.96 bits per heavy atom. The Morgan fingerprint density at radius 3 is 2.70 bits per heavy atom. The number of piperidine rings is 1. The minimum atomic E-state index is -0.319. The molecular weight excluding hydrogens is 369 g/mol. The summed E-state index contributed by atoms with van der Waals surface area (Å²) in [7, 11) is 0. The maximum absolute atomic E-state index is 13.0. The van der Waals surface area contributed by atoms with Crippen LogP contribution in [0.1, 0.15) is 12.8 Å². The fourth-order valence-corrected chi connectivity index (χ4v) is 4.00. The largest absolute Gasteiger partial charge is 0.492 e. The Bertz CT molecular complexity index is 978. The highest BCUT2D eigenvalue weighted by molar-refractivity contribution is 7.17. The minimum Gasteiger partial charge on any atom is -0.492 e. The van der Waals surface area contributed by atoms with Crippen molar-refractivity contribution in [1.29, 1.82) is 0 Å². The van der Waals surface area contributed by atoms with Gasteiger partial charge in [0.05, 0.1) is 18.2 Å². The van der Waals surface area contributed by atoms with Gasteiger partial charge in [0, 0.05) is 13.1 Å². The first kappa shape index (κ1) is 17.9. The van der Waals surface area contributed by atoms with Gasteiger partial charge >= 0.3 is 0 Å². The van der Waals surface area contributed by atoms with E-state index in [1.165, 1.54) is 23.5 Å². The molecule has 0 bridgehead atoms. The minimum absolute atomic E-state index is 0.0844. The van der Waals surface area contributed by atoms with Crippen molar-refractivity contribution in [3.05, 3.63) is 51.9 Å². The van der Waals surface area contributed by atoms with Crippen LogP contribution in [0.15, 0.2) is 40.5 Å². The fourth-order valence-electron chi connectivity index (χ4n) is 3.23. The fraction of sp³-hybridized carbons (Fsp3) is 0.368. The molecule has 2 aromatic heterocycles. The van der Waals surface area contributed by atoms with E-state index in [1.807, 2.05) is 16.3 Å². The number of hydrogen-bond donors (Lipinski definition) is 1. The van der Waals surface area contributed by atoms with Crippen molar-refractivity contribution < 1.29 is 14.2 Å². The van der Waals surface area contributed by atoms with Gasteiger partial charge in [0.25, 0.3) is 5.56 Å². The Labute approximate surface area is 159 Å². The standard InChI is InChI=1S/C19H20FN3O3S/c20-13-1-3-15(4-2-13)26-11-10-23-18(25)17-16(7-12-27-17)21-19(23)22-8-5-14(24)6-9-22/h1-4,7,12,14,24H,5-6,8-11H2. The molecule has 3 aromatic rings. The number of rotatable bonds is 5. The third-order valence-corrected chi connectivity index (χ3v) is 5.58. The first-order valence-electron chi connectivity index (χ1n) is 8.91. The molecule has 27 heavy (non-hydrogen) atoms. The molecule has 3 heterocycles. The number of thiophene rings is 1. The van der Waals surface area contributed by atoms with Crippen LogP contribution < -0.4 is 15.2 Å². The van der Waals surface area contributed by atoms with Crippen molar-refractivity contribution in [3.8, 4) is 5.75 Å². The van der Waals surface area contributed by atoms with Crippen LogP contribution in [-0.2, 0) is 6.54 Å². The van der Waals surface area contributed by atoms with Gasteiger partial charge < -0.3 is 14.7 Å². The van der Waals surface area contributed by atoms with Crippen LogP contribution >= 0.6 is 11.3 Å². The molecule has 1 fully saturated rings. The van der Waals surface area contributed by atoms with Crippen molar-refractivity contribution >= 4 is 27.5 Å². The lowest BCUT2D eigenvalue weighted by Gasteiger charge is -2.31. The normalized spacial score (nSPS) is 15.4. The number of fused-ring (bicyclic) bond motifs is 1. The molecular formula is C19H20FN3O3S. The van der Waals surface area contributed by atoms with Gasteiger partial charge in [0.2, 0.25) is 5.95 Å². The molecule has 1 N–H and O–H groups in total. The van der Waals surface area contributed by atoms with Gasteiger partial charge in [0.15, 0.2) is 0 Å². The summed E-state index contributed by atoms with van der Waals surface area (Å²) in [6.07, 6.45) is 1.01. The van der Waals surface area contributed by atoms with Gasteiger partial charge in [-0.3, -0.25) is 9.36 Å². The molecule has 0 aliphatic carbocycles. The van der Waals surface area contributed by atoms with Crippen LogP contribution in [-0.4, -0.2) is 40.5 Å². The van der Waals surface area contributed by atoms with Crippen LogP contribution in [0.4, 0.5) is 10.3 Å². The van der Waals surface area contributed by atoms with E-state index >= 15 is 0 Å². The maximum Gasteiger partial charge on any atom is 0.272 e. The number of nitrogens with zero attached hydrogens (tertiary/aromatic N) is 3. The van der Waals surface area contributed by atoms with E-state index in [9.17, 15) is 14.3 Å². The smallest absolute Gasteiger partial charge is 0.272 e. The monoisotopic (exact) mass is 389 g/mol. The molecule has 6 nitrogen and oxygen atoms in total. The molecule has 1 aliphatic heterocycles. The van der Waals surface area contributed by atoms with Gasteiger partial charge in [-0.05, 0) is 48.6 Å². The average molecular weight is 389 g/mol. The Kier molecular flexibility index (Phi) is 5.09. The molecule has 0 atom stereocenters. The highest BCUT2D eigenvalue weighted by Crippen LogP contribution is 2.22. The van der Waals surface area contributed by atoms with Gasteiger partial charge in [-0.25, -0.2) is 9.37 Å². The first-order valence-corrected chi connectivity index (χ1v) is 9.79. The van der Waals surface area contributed by atoms with E-state index in [1.54, 1.807) is 16.7 Å². The molecule has 4 rings (SSSR count). The van der Waals surface area contributed by atoms with Gasteiger partial charge in [-0.1, -0.05) is 0 Å². The van der Waals surface area contributed by atoms with E-state index in [4.69, 9.17) is 9.72 Å². The second kappa shape index (κ2) is 7.66. The quantitative estimate of drug-likeness (QED) is 0.727. The molecule has 0 saturated carbocycles. The van der Waals surface area contributed by atoms with Crippen LogP contribution in [0.3, 0.4) is 0 Å². The molecule has 0 amide bonds. The van der Waals surface area contributed by atoms with Gasteiger partial charge in [-0.2, -0.15) is 0 Å². The number of ether oxygens (including phenoxy) is 1. The average Bonchev–Trinajstić information content (AvgIpc) is 3.14. The molecule has 0 radical (unpaired) electrons. The zero-order chi connectivity index (χ0) is 18.8. The highest BCUT2D eigenvalue weighted by atomic mass is 32.1. The van der Waals surface area contributed by atoms with Crippen molar-refractivity contribution in [2.75, 3.05) is 24.6 Å². The van der Waals surface area contributed by atoms with E-state index in [0.29, 0.717) is 54.4 Å². The molecule has 1 saturated heterocycles. The van der Waals surface area contributed by atoms with Crippen LogP contribution in [0.25, 0.3) is 10.2 Å². The Hall–Kier alpha value is -2.45. The van der Waals surface area contributed by atoms with E-state index in [2.05, 4.69) is 0 Å². The van der Waals surface area contributed by atoms with Crippen molar-refractivity contribution in [1.82, 2.24) is 9.55 Å². The maximum atomic E-state index is 13.0. The van der Waals surface area contributed by atoms with E-state index < -0.39 is 0 Å². The number of anilines is 1. The summed E-state index contributed by atoms with van der Waals surface area (Å²) < 4.78 is 20.9. The zero-order valence-corrected chi connectivity index (χ0v) is 15.5. The summed E-state index contributed by atoms with van der Waals surface area (Å²) in [5.74, 6) is 0.846. The van der Waals surface area contributed by atoms with Gasteiger partial charge in [0.1, 0.15) is 22.9 Å². The molecule has 142 valence electrons. The molecule has 0 unspecified atom stereocenters. The van der Waals surface area contributed by atoms with Crippen molar-refractivity contribution in [2.24, 2.45) is 0 Å². The van der Waals surface area contributed by atoms with E-state index in [0.717, 1.165) is 0 Å². The third-order valence-electron chi connectivity index (χ3n) is 4.69. The molecule has 8 heteroatoms. The summed E-state index contributed by atoms with van der Waals surface area (Å²) in [6, 6.07) is 7.65. The van der Waals surface area contributed by atoms with Crippen LogP contribution in [0, 0.1) is 5.82 Å². The number of aliphatic hydroxyl groups excluding tert-OH is 1. The molecule has 0 spiro atoms. The lowest BCUT2D eigenvalue weighted by Crippen LogP contribution is -2.40. The van der Waals surface area contributed by atoms with Crippen LogP contribution in [0.2, 0.25) is 0 Å². The summed E-state index contributed by atoms with van der Waals surface area (Å²) in [5, 5.41) is 11.6. The topological polar surface area (TPSA) is 67.6 Å². The Balaban J connectivity index is 1.59. The number of halogens is 1. The SMILES string of the molecule is O=c1c2sccc2nc(N2CCC(O)CC2)n1CCOc1ccc(F)cc1. The van der Waals surface area contributed by atoms with E-state index in [-0.39, 0.29) is 24.1 Å². The Morgan fingerprint density at radius 1 is 1.22 bits per heavy atom. The second-order valence-corrected chi connectivity index (χ2v) is 7.44. The van der Waals surface area contributed by atoms with Crippen LogP contribution in [0.5, 0.6) is 5.75 Å². The molecule has 1 aromatic carbocycles. The number of aromatic nitrogens is 2. The lowest BCUT2D eigenvalue weighted by atomic mass is 10.1. The van der Waals surface area contributed by atoms with Crippen molar-refractivity contribution in [2.45, 2.75) is 25.5 Å². The lowest BCUT2D eigenvalue weighted by molar-refractivity contribution is 0.144. The number of aliphatic hydroxyl groups is 1. The number of benzene rings is 1. The second-order valence-electron chi connectivity index (χ2n) is 6.52. The summed E-state index contributed by atoms with van der Waals surface area (Å²) in [6.45, 7) is 1.92. The first-order chi connectivity index (χ1) is 13.1. The third kappa shape index (κ3) is 3.81. The predicted octanol–water partition coefficient (Wildman–Crippen LogP) is 2.64. The summed E-state index contributed by atoms with van der Waals surface area (Å²) >= 11 is 1.38. The highest BCUT2D eigenvalue weighted by Gasteiger charge is 2.22. The summed E-state index contributed by atoms with van der Waals surface area (Å²) in [5.41, 5.74) is 0.612. The predicted molar refractivity (Wildman–Crippen MR) is 103 cm³/mol. The molecule has 1 aliphatic rings. The van der Waals surface area contributed by atoms with Gasteiger partial charge in [-0.15, -0.1) is 11.3 Å². The summed E-state index contributed by atoms with van der Waals surface area (Å²) in [4.78, 5) is 19.7. The zero-order valence-electron chi connectivity index (χ0n) is 14.7. The van der Waals surface area contributed by atoms with Crippen molar-refractivity contribution in [3.63, 3.8) is 0 Å².